The van der Waals surface area contributed by atoms with E-state index in [4.69, 9.17) is 4.52 Å². The zero-order valence-electron chi connectivity index (χ0n) is 11.5. The van der Waals surface area contributed by atoms with Gasteiger partial charge >= 0.3 is 0 Å². The first-order valence-corrected chi connectivity index (χ1v) is 7.77. The van der Waals surface area contributed by atoms with Crippen LogP contribution < -0.4 is 4.72 Å². The molecule has 0 aliphatic heterocycles. The average molecular weight is 303 g/mol. The van der Waals surface area contributed by atoms with Gasteiger partial charge < -0.3 is 4.52 Å². The highest BCUT2D eigenvalue weighted by molar-refractivity contribution is 7.93. The van der Waals surface area contributed by atoms with Gasteiger partial charge in [-0.25, -0.2) is 13.1 Å². The van der Waals surface area contributed by atoms with Crippen molar-refractivity contribution in [3.05, 3.63) is 47.8 Å². The van der Waals surface area contributed by atoms with Crippen molar-refractivity contribution >= 4 is 26.8 Å². The van der Waals surface area contributed by atoms with Crippen LogP contribution in [0.25, 0.3) is 10.9 Å². The number of fused-ring (bicyclic) bond motifs is 1. The summed E-state index contributed by atoms with van der Waals surface area (Å²) in [5, 5.41) is 4.49. The summed E-state index contributed by atoms with van der Waals surface area (Å²) in [6.07, 6.45) is 1.56. The van der Waals surface area contributed by atoms with E-state index in [1.165, 1.54) is 6.07 Å². The van der Waals surface area contributed by atoms with Gasteiger partial charge in [0.1, 0.15) is 4.90 Å². The highest BCUT2D eigenvalue weighted by Gasteiger charge is 2.21. The zero-order valence-corrected chi connectivity index (χ0v) is 12.3. The van der Waals surface area contributed by atoms with Crippen molar-refractivity contribution in [3.63, 3.8) is 0 Å². The lowest BCUT2D eigenvalue weighted by atomic mass is 10.2. The van der Waals surface area contributed by atoms with Crippen LogP contribution in [0.5, 0.6) is 0 Å². The van der Waals surface area contributed by atoms with E-state index in [0.717, 1.165) is 5.39 Å². The maximum Gasteiger partial charge on any atom is 0.266 e. The van der Waals surface area contributed by atoms with Gasteiger partial charge in [-0.1, -0.05) is 23.4 Å². The molecule has 0 fully saturated rings. The number of hydrogen-bond acceptors (Lipinski definition) is 5. The molecule has 0 saturated heterocycles. The van der Waals surface area contributed by atoms with Crippen molar-refractivity contribution in [2.75, 3.05) is 4.72 Å². The molecule has 0 atom stereocenters. The Balaban J connectivity index is 2.11. The molecular weight excluding hydrogens is 290 g/mol. The molecule has 1 N–H and O–H groups in total. The van der Waals surface area contributed by atoms with Gasteiger partial charge in [0.2, 0.25) is 5.88 Å². The summed E-state index contributed by atoms with van der Waals surface area (Å²) in [5.41, 5.74) is 1.72. The van der Waals surface area contributed by atoms with Crippen LogP contribution in [0.15, 0.2) is 45.9 Å². The molecule has 0 unspecified atom stereocenters. The quantitative estimate of drug-likeness (QED) is 0.804. The van der Waals surface area contributed by atoms with E-state index in [2.05, 4.69) is 14.9 Å². The average Bonchev–Trinajstić information content (AvgIpc) is 2.78. The van der Waals surface area contributed by atoms with Crippen LogP contribution in [0.3, 0.4) is 0 Å². The van der Waals surface area contributed by atoms with Gasteiger partial charge in [0.15, 0.2) is 0 Å². The van der Waals surface area contributed by atoms with E-state index < -0.39 is 10.0 Å². The van der Waals surface area contributed by atoms with Crippen LogP contribution in [0.4, 0.5) is 5.88 Å². The maximum atomic E-state index is 12.5. The molecule has 2 heterocycles. The second-order valence-electron chi connectivity index (χ2n) is 4.66. The number of aromatic nitrogens is 2. The number of sulfonamides is 1. The second-order valence-corrected chi connectivity index (χ2v) is 6.31. The summed E-state index contributed by atoms with van der Waals surface area (Å²) < 4.78 is 32.5. The van der Waals surface area contributed by atoms with Gasteiger partial charge in [0, 0.05) is 17.1 Å². The molecule has 0 spiro atoms. The lowest BCUT2D eigenvalue weighted by Gasteiger charge is -2.08. The molecule has 1 aromatic carbocycles. The fourth-order valence-corrected chi connectivity index (χ4v) is 3.21. The molecule has 0 amide bonds. The monoisotopic (exact) mass is 303 g/mol. The second kappa shape index (κ2) is 4.85. The third-order valence-corrected chi connectivity index (χ3v) is 4.63. The highest BCUT2D eigenvalue weighted by Crippen LogP contribution is 2.25. The van der Waals surface area contributed by atoms with E-state index in [9.17, 15) is 8.42 Å². The Morgan fingerprint density at radius 2 is 1.90 bits per heavy atom. The summed E-state index contributed by atoms with van der Waals surface area (Å²) in [5.74, 6) is 0.125. The fourth-order valence-electron chi connectivity index (χ4n) is 1.98. The number of hydrogen-bond donors (Lipinski definition) is 1. The van der Waals surface area contributed by atoms with E-state index in [1.54, 1.807) is 32.2 Å². The smallest absolute Gasteiger partial charge is 0.266 e. The van der Waals surface area contributed by atoms with Crippen LogP contribution in [0.1, 0.15) is 11.3 Å². The lowest BCUT2D eigenvalue weighted by molar-refractivity contribution is 0.430. The van der Waals surface area contributed by atoms with Gasteiger partial charge in [0.05, 0.1) is 11.2 Å². The van der Waals surface area contributed by atoms with E-state index >= 15 is 0 Å². The molecule has 0 aliphatic carbocycles. The Labute approximate surface area is 121 Å². The van der Waals surface area contributed by atoms with E-state index in [-0.39, 0.29) is 10.8 Å². The van der Waals surface area contributed by atoms with E-state index in [0.29, 0.717) is 16.8 Å². The Morgan fingerprint density at radius 1 is 1.14 bits per heavy atom. The molecule has 108 valence electrons. The largest absolute Gasteiger partial charge is 0.337 e. The molecule has 6 nitrogen and oxygen atoms in total. The van der Waals surface area contributed by atoms with Crippen molar-refractivity contribution in [1.82, 2.24) is 10.1 Å². The Hall–Kier alpha value is -2.41. The van der Waals surface area contributed by atoms with Crippen molar-refractivity contribution in [1.29, 1.82) is 0 Å². The summed E-state index contributed by atoms with van der Waals surface area (Å²) in [6, 6.07) is 8.57. The van der Waals surface area contributed by atoms with Crippen LogP contribution in [0.2, 0.25) is 0 Å². The predicted octanol–water partition coefficient (Wildman–Crippen LogP) is 2.64. The number of para-hydroxylation sites is 1. The molecular formula is C14H13N3O3S. The van der Waals surface area contributed by atoms with Crippen LogP contribution >= 0.6 is 0 Å². The predicted molar refractivity (Wildman–Crippen MR) is 78.5 cm³/mol. The van der Waals surface area contributed by atoms with Crippen molar-refractivity contribution < 1.29 is 12.9 Å². The minimum atomic E-state index is -3.80. The van der Waals surface area contributed by atoms with E-state index in [1.807, 2.05) is 12.1 Å². The Bertz CT molecular complexity index is 911. The standard InChI is InChI=1S/C14H13N3O3S/c1-9-10(2)16-20-14(9)17-21(18,19)12-7-3-5-11-6-4-8-15-13(11)12/h3-8,17H,1-2H3. The molecule has 0 radical (unpaired) electrons. The van der Waals surface area contributed by atoms with Crippen LogP contribution in [-0.2, 0) is 10.0 Å². The summed E-state index contributed by atoms with van der Waals surface area (Å²) in [7, 11) is -3.80. The molecule has 0 saturated carbocycles. The van der Waals surface area contributed by atoms with Gasteiger partial charge in [0.25, 0.3) is 10.0 Å². The summed E-state index contributed by atoms with van der Waals surface area (Å²) >= 11 is 0. The first-order valence-electron chi connectivity index (χ1n) is 6.28. The zero-order chi connectivity index (χ0) is 15.0. The normalized spacial score (nSPS) is 11.7. The SMILES string of the molecule is Cc1noc(NS(=O)(=O)c2cccc3cccnc23)c1C. The highest BCUT2D eigenvalue weighted by atomic mass is 32.2. The first kappa shape index (κ1) is 13.6. The minimum absolute atomic E-state index is 0.106. The number of pyridine rings is 1. The van der Waals surface area contributed by atoms with Gasteiger partial charge in [-0.15, -0.1) is 0 Å². The minimum Gasteiger partial charge on any atom is -0.337 e. The molecule has 21 heavy (non-hydrogen) atoms. The molecule has 0 bridgehead atoms. The third kappa shape index (κ3) is 2.36. The molecule has 2 aromatic heterocycles. The number of nitrogens with one attached hydrogen (secondary N) is 1. The van der Waals surface area contributed by atoms with Crippen LogP contribution in [0, 0.1) is 13.8 Å². The van der Waals surface area contributed by atoms with Crippen molar-refractivity contribution in [2.45, 2.75) is 18.7 Å². The maximum absolute atomic E-state index is 12.5. The van der Waals surface area contributed by atoms with Gasteiger partial charge in [-0.2, -0.15) is 0 Å². The molecule has 7 heteroatoms. The van der Waals surface area contributed by atoms with Crippen molar-refractivity contribution in [2.24, 2.45) is 0 Å². The Morgan fingerprint density at radius 3 is 2.62 bits per heavy atom. The third-order valence-electron chi connectivity index (χ3n) is 3.27. The topological polar surface area (TPSA) is 85.1 Å². The molecule has 3 rings (SSSR count). The van der Waals surface area contributed by atoms with Gasteiger partial charge in [-0.05, 0) is 26.0 Å². The number of nitrogens with zero attached hydrogens (tertiary/aromatic N) is 2. The summed E-state index contributed by atoms with van der Waals surface area (Å²) in [6.45, 7) is 3.49. The lowest BCUT2D eigenvalue weighted by Crippen LogP contribution is -2.14. The number of anilines is 1. The number of rotatable bonds is 3. The molecule has 0 aliphatic rings. The van der Waals surface area contributed by atoms with Crippen molar-refractivity contribution in [3.8, 4) is 0 Å². The first-order chi connectivity index (χ1) is 9.99. The summed E-state index contributed by atoms with van der Waals surface area (Å²) in [4.78, 5) is 4.26. The van der Waals surface area contributed by atoms with Crippen LogP contribution in [-0.4, -0.2) is 18.6 Å². The van der Waals surface area contributed by atoms with Gasteiger partial charge in [-0.3, -0.25) is 4.98 Å². The number of benzene rings is 1. The number of aryl methyl sites for hydroxylation is 1. The molecule has 3 aromatic rings. The fraction of sp³-hybridized carbons (Fsp3) is 0.143. The Kier molecular flexibility index (Phi) is 3.13.